The van der Waals surface area contributed by atoms with Gasteiger partial charge >= 0.3 is 12.1 Å². The largest absolute Gasteiger partial charge is 0.497 e. The van der Waals surface area contributed by atoms with Gasteiger partial charge in [-0.05, 0) is 106 Å². The summed E-state index contributed by atoms with van der Waals surface area (Å²) in [7, 11) is 3.01. The summed E-state index contributed by atoms with van der Waals surface area (Å²) < 4.78 is 23.2. The average molecular weight is 621 g/mol. The van der Waals surface area contributed by atoms with Gasteiger partial charge in [-0.1, -0.05) is 25.0 Å². The van der Waals surface area contributed by atoms with Crippen LogP contribution in [0.3, 0.4) is 0 Å². The van der Waals surface area contributed by atoms with Crippen molar-refractivity contribution in [1.29, 1.82) is 0 Å². The van der Waals surface area contributed by atoms with Crippen molar-refractivity contribution in [2.75, 3.05) is 20.8 Å². The number of alkyl carbamates (subject to hydrolysis) is 1. The van der Waals surface area contributed by atoms with E-state index in [0.717, 1.165) is 72.8 Å². The summed E-state index contributed by atoms with van der Waals surface area (Å²) in [6.07, 6.45) is 9.05. The Labute approximate surface area is 266 Å². The molecule has 1 N–H and O–H groups in total. The second kappa shape index (κ2) is 13.3. The van der Waals surface area contributed by atoms with Crippen molar-refractivity contribution in [2.45, 2.75) is 114 Å². The third-order valence-corrected chi connectivity index (χ3v) is 9.15. The molecular weight excluding hydrogens is 572 g/mol. The molecule has 9 heteroatoms. The van der Waals surface area contributed by atoms with Crippen LogP contribution in [0.4, 0.5) is 4.79 Å². The van der Waals surface area contributed by atoms with Crippen molar-refractivity contribution < 1.29 is 33.3 Å². The number of nitrogens with zero attached hydrogens (tertiary/aromatic N) is 1. The Morgan fingerprint density at radius 3 is 2.60 bits per heavy atom. The van der Waals surface area contributed by atoms with Crippen LogP contribution in [-0.2, 0) is 25.5 Å². The number of rotatable bonds is 11. The SMILES string of the molecule is C=CCCCCCC(NC(=O)OC(C)(C)C)C(=O)N1CC2(CCc3c(c(C4CC4)cc4ccc(OC)cc34)O2)CC1C(=O)OC. The zero-order valence-corrected chi connectivity index (χ0v) is 27.4. The van der Waals surface area contributed by atoms with Crippen molar-refractivity contribution in [2.24, 2.45) is 0 Å². The molecule has 1 aliphatic carbocycles. The number of fused-ring (bicyclic) bond motifs is 3. The number of likely N-dealkylation sites (tertiary alicyclic amines) is 1. The third-order valence-electron chi connectivity index (χ3n) is 9.15. The highest BCUT2D eigenvalue weighted by molar-refractivity contribution is 5.92. The predicted octanol–water partition coefficient (Wildman–Crippen LogP) is 6.59. The number of carbonyl (C=O) groups is 3. The van der Waals surface area contributed by atoms with E-state index in [1.54, 1.807) is 32.8 Å². The molecule has 0 aromatic heterocycles. The maximum absolute atomic E-state index is 14.3. The lowest BCUT2D eigenvalue weighted by Gasteiger charge is -2.37. The third kappa shape index (κ3) is 7.39. The monoisotopic (exact) mass is 620 g/mol. The number of esters is 1. The van der Waals surface area contributed by atoms with E-state index in [4.69, 9.17) is 18.9 Å². The Hall–Kier alpha value is -3.75. The molecule has 3 aliphatic rings. The molecule has 2 aromatic carbocycles. The highest BCUT2D eigenvalue weighted by Crippen LogP contribution is 2.52. The van der Waals surface area contributed by atoms with Gasteiger partial charge < -0.3 is 29.2 Å². The van der Waals surface area contributed by atoms with E-state index < -0.39 is 35.3 Å². The molecule has 45 heavy (non-hydrogen) atoms. The van der Waals surface area contributed by atoms with E-state index in [-0.39, 0.29) is 12.5 Å². The van der Waals surface area contributed by atoms with Crippen LogP contribution in [0.1, 0.15) is 95.6 Å². The first-order valence-corrected chi connectivity index (χ1v) is 16.3. The molecule has 3 unspecified atom stereocenters. The molecule has 0 radical (unpaired) electrons. The summed E-state index contributed by atoms with van der Waals surface area (Å²) >= 11 is 0. The number of amides is 2. The van der Waals surface area contributed by atoms with E-state index in [1.807, 2.05) is 12.1 Å². The van der Waals surface area contributed by atoms with Gasteiger partial charge in [0.25, 0.3) is 0 Å². The van der Waals surface area contributed by atoms with Crippen molar-refractivity contribution >= 4 is 28.7 Å². The van der Waals surface area contributed by atoms with Crippen LogP contribution in [0.5, 0.6) is 11.5 Å². The molecule has 2 aliphatic heterocycles. The van der Waals surface area contributed by atoms with Crippen LogP contribution in [0, 0.1) is 0 Å². The molecule has 2 amide bonds. The van der Waals surface area contributed by atoms with Gasteiger partial charge in [-0.15, -0.1) is 6.58 Å². The molecule has 244 valence electrons. The lowest BCUT2D eigenvalue weighted by molar-refractivity contribution is -0.151. The van der Waals surface area contributed by atoms with E-state index in [1.165, 1.54) is 12.7 Å². The fourth-order valence-corrected chi connectivity index (χ4v) is 6.77. The number of aryl methyl sites for hydroxylation is 1. The Bertz CT molecular complexity index is 1440. The fourth-order valence-electron chi connectivity index (χ4n) is 6.77. The Kier molecular flexibility index (Phi) is 9.65. The maximum Gasteiger partial charge on any atom is 0.408 e. The number of methoxy groups -OCH3 is 2. The number of carbonyl (C=O) groups excluding carboxylic acids is 3. The molecule has 1 spiro atoms. The van der Waals surface area contributed by atoms with Gasteiger partial charge in [0.1, 0.15) is 34.8 Å². The minimum Gasteiger partial charge on any atom is -0.497 e. The highest BCUT2D eigenvalue weighted by Gasteiger charge is 2.54. The number of ether oxygens (including phenoxy) is 4. The molecule has 1 saturated heterocycles. The summed E-state index contributed by atoms with van der Waals surface area (Å²) in [6.45, 7) is 9.36. The summed E-state index contributed by atoms with van der Waals surface area (Å²) in [5, 5.41) is 5.08. The summed E-state index contributed by atoms with van der Waals surface area (Å²) in [4.78, 5) is 41.9. The van der Waals surface area contributed by atoms with E-state index >= 15 is 0 Å². The van der Waals surface area contributed by atoms with Crippen LogP contribution in [0.2, 0.25) is 0 Å². The normalized spacial score (nSPS) is 21.5. The topological polar surface area (TPSA) is 103 Å². The summed E-state index contributed by atoms with van der Waals surface area (Å²) in [5.41, 5.74) is 0.885. The molecule has 2 heterocycles. The second-order valence-corrected chi connectivity index (χ2v) is 13.8. The molecule has 3 atom stereocenters. The quantitative estimate of drug-likeness (QED) is 0.172. The van der Waals surface area contributed by atoms with Gasteiger partial charge in [0.15, 0.2) is 0 Å². The average Bonchev–Trinajstić information content (AvgIpc) is 3.79. The first-order chi connectivity index (χ1) is 21.5. The Morgan fingerprint density at radius 1 is 1.16 bits per heavy atom. The van der Waals surface area contributed by atoms with Crippen LogP contribution in [-0.4, -0.2) is 66.9 Å². The first-order valence-electron chi connectivity index (χ1n) is 16.3. The van der Waals surface area contributed by atoms with Crippen molar-refractivity contribution in [3.05, 3.63) is 48.0 Å². The number of hydrogen-bond donors (Lipinski definition) is 1. The van der Waals surface area contributed by atoms with Crippen LogP contribution >= 0.6 is 0 Å². The second-order valence-electron chi connectivity index (χ2n) is 13.8. The molecule has 9 nitrogen and oxygen atoms in total. The van der Waals surface area contributed by atoms with E-state index in [0.29, 0.717) is 25.2 Å². The van der Waals surface area contributed by atoms with Crippen molar-refractivity contribution in [3.63, 3.8) is 0 Å². The predicted molar refractivity (Wildman–Crippen MR) is 173 cm³/mol. The van der Waals surface area contributed by atoms with Gasteiger partial charge in [-0.3, -0.25) is 4.79 Å². The minimum absolute atomic E-state index is 0.230. The smallest absolute Gasteiger partial charge is 0.408 e. The lowest BCUT2D eigenvalue weighted by Crippen LogP contribution is -2.53. The Balaban J connectivity index is 1.44. The van der Waals surface area contributed by atoms with Gasteiger partial charge in [0.05, 0.1) is 20.8 Å². The summed E-state index contributed by atoms with van der Waals surface area (Å²) in [5.74, 6) is 1.31. The molecule has 5 rings (SSSR count). The van der Waals surface area contributed by atoms with Crippen LogP contribution in [0.25, 0.3) is 10.8 Å². The lowest BCUT2D eigenvalue weighted by atomic mass is 9.85. The fraction of sp³-hybridized carbons (Fsp3) is 0.583. The highest BCUT2D eigenvalue weighted by atomic mass is 16.6. The number of hydrogen-bond acceptors (Lipinski definition) is 7. The van der Waals surface area contributed by atoms with Crippen LogP contribution < -0.4 is 14.8 Å². The minimum atomic E-state index is -0.847. The zero-order chi connectivity index (χ0) is 32.4. The van der Waals surface area contributed by atoms with Gasteiger partial charge in [-0.25, -0.2) is 9.59 Å². The molecule has 0 bridgehead atoms. The molecule has 2 fully saturated rings. The first kappa shape index (κ1) is 32.6. The van der Waals surface area contributed by atoms with Crippen LogP contribution in [0.15, 0.2) is 36.9 Å². The van der Waals surface area contributed by atoms with Gasteiger partial charge in [0, 0.05) is 12.0 Å². The molecule has 1 saturated carbocycles. The van der Waals surface area contributed by atoms with Gasteiger partial charge in [-0.2, -0.15) is 0 Å². The van der Waals surface area contributed by atoms with Crippen molar-refractivity contribution in [1.82, 2.24) is 10.2 Å². The van der Waals surface area contributed by atoms with Crippen molar-refractivity contribution in [3.8, 4) is 11.5 Å². The molecular formula is C36H48N2O7. The summed E-state index contributed by atoms with van der Waals surface area (Å²) in [6, 6.07) is 6.71. The number of allylic oxidation sites excluding steroid dienone is 1. The van der Waals surface area contributed by atoms with E-state index in [2.05, 4.69) is 30.1 Å². The molecule has 2 aromatic rings. The number of nitrogens with one attached hydrogen (secondary N) is 1. The van der Waals surface area contributed by atoms with Gasteiger partial charge in [0.2, 0.25) is 5.91 Å². The number of unbranched alkanes of at least 4 members (excludes halogenated alkanes) is 3. The van der Waals surface area contributed by atoms with E-state index in [9.17, 15) is 14.4 Å². The zero-order valence-electron chi connectivity index (χ0n) is 27.4. The Morgan fingerprint density at radius 2 is 1.93 bits per heavy atom. The number of benzene rings is 2. The standard InChI is InChI=1S/C36H48N2O7/c1-7-8-9-10-11-12-29(37-34(41)45-35(2,3)4)32(39)38-22-36(21-30(38)33(40)43-6)18-17-26-27-20-25(42-5)16-15-24(27)19-28(23-13-14-23)31(26)44-36/h7,15-16,19-20,23,29-30H,1,8-14,17-18,21-22H2,2-6H3,(H,37,41). The maximum atomic E-state index is 14.3.